The van der Waals surface area contributed by atoms with Crippen LogP contribution in [-0.4, -0.2) is 20.4 Å². The van der Waals surface area contributed by atoms with Gasteiger partial charge >= 0.3 is 5.97 Å². The minimum atomic E-state index is -3.68. The largest absolute Gasteiger partial charge is 0.426 e. The molecule has 25 heavy (non-hydrogen) atoms. The molecule has 2 N–H and O–H groups in total. The predicted octanol–water partition coefficient (Wildman–Crippen LogP) is 3.11. The number of esters is 1. The van der Waals surface area contributed by atoms with Gasteiger partial charge in [-0.1, -0.05) is 25.1 Å². The van der Waals surface area contributed by atoms with Crippen molar-refractivity contribution in [2.24, 2.45) is 5.73 Å². The summed E-state index contributed by atoms with van der Waals surface area (Å²) in [6, 6.07) is 12.7. The monoisotopic (exact) mass is 361 g/mol. The van der Waals surface area contributed by atoms with Gasteiger partial charge in [0.2, 0.25) is 9.84 Å². The SMILES string of the molecule is CCCC(=O)Oc1cccc(S(=O)(=O)c2ccc(CC(C)N)cc2)c1. The third-order valence-corrected chi connectivity index (χ3v) is 5.36. The molecule has 0 bridgehead atoms. The Morgan fingerprint density at radius 1 is 1.12 bits per heavy atom. The molecule has 0 amide bonds. The zero-order valence-electron chi connectivity index (χ0n) is 14.4. The lowest BCUT2D eigenvalue weighted by atomic mass is 10.1. The summed E-state index contributed by atoms with van der Waals surface area (Å²) < 4.78 is 30.7. The molecule has 2 aromatic carbocycles. The lowest BCUT2D eigenvalue weighted by Gasteiger charge is -2.09. The summed E-state index contributed by atoms with van der Waals surface area (Å²) in [4.78, 5) is 11.9. The molecule has 2 rings (SSSR count). The Labute approximate surface area is 148 Å². The molecular formula is C19H23NO4S. The fourth-order valence-corrected chi connectivity index (χ4v) is 3.70. The van der Waals surface area contributed by atoms with Gasteiger partial charge in [0.05, 0.1) is 9.79 Å². The van der Waals surface area contributed by atoms with Crippen LogP contribution in [0.2, 0.25) is 0 Å². The number of hydrogen-bond acceptors (Lipinski definition) is 5. The molecule has 0 fully saturated rings. The highest BCUT2D eigenvalue weighted by Crippen LogP contribution is 2.25. The highest BCUT2D eigenvalue weighted by atomic mass is 32.2. The average Bonchev–Trinajstić information content (AvgIpc) is 2.55. The molecule has 0 saturated carbocycles. The molecule has 5 nitrogen and oxygen atoms in total. The highest BCUT2D eigenvalue weighted by molar-refractivity contribution is 7.91. The molecule has 2 aromatic rings. The van der Waals surface area contributed by atoms with Crippen molar-refractivity contribution in [1.29, 1.82) is 0 Å². The van der Waals surface area contributed by atoms with E-state index in [2.05, 4.69) is 0 Å². The van der Waals surface area contributed by atoms with Crippen molar-refractivity contribution in [2.45, 2.75) is 48.9 Å². The van der Waals surface area contributed by atoms with Crippen molar-refractivity contribution in [3.05, 3.63) is 54.1 Å². The first-order valence-electron chi connectivity index (χ1n) is 8.23. The Balaban J connectivity index is 2.25. The van der Waals surface area contributed by atoms with E-state index in [9.17, 15) is 13.2 Å². The molecule has 0 radical (unpaired) electrons. The quantitative estimate of drug-likeness (QED) is 0.605. The molecule has 0 aliphatic carbocycles. The number of nitrogens with two attached hydrogens (primary N) is 1. The van der Waals surface area contributed by atoms with E-state index in [1.807, 2.05) is 13.8 Å². The van der Waals surface area contributed by atoms with E-state index >= 15 is 0 Å². The molecule has 1 atom stereocenters. The van der Waals surface area contributed by atoms with Gasteiger partial charge in [-0.25, -0.2) is 8.42 Å². The van der Waals surface area contributed by atoms with Crippen LogP contribution in [0.1, 0.15) is 32.3 Å². The molecule has 134 valence electrons. The Morgan fingerprint density at radius 2 is 1.80 bits per heavy atom. The summed E-state index contributed by atoms with van der Waals surface area (Å²) in [6.45, 7) is 3.77. The molecule has 0 aliphatic heterocycles. The maximum absolute atomic E-state index is 12.8. The van der Waals surface area contributed by atoms with Crippen molar-refractivity contribution in [2.75, 3.05) is 0 Å². The minimum Gasteiger partial charge on any atom is -0.426 e. The molecule has 0 saturated heterocycles. The second kappa shape index (κ2) is 8.27. The first-order valence-corrected chi connectivity index (χ1v) is 9.71. The summed E-state index contributed by atoms with van der Waals surface area (Å²) in [5, 5.41) is 0. The summed E-state index contributed by atoms with van der Waals surface area (Å²) in [6.07, 6.45) is 1.64. The van der Waals surface area contributed by atoms with Crippen LogP contribution in [0.25, 0.3) is 0 Å². The van der Waals surface area contributed by atoms with Gasteiger partial charge in [-0.15, -0.1) is 0 Å². The van der Waals surface area contributed by atoms with Gasteiger partial charge in [-0.05, 0) is 55.7 Å². The van der Waals surface area contributed by atoms with Crippen molar-refractivity contribution < 1.29 is 17.9 Å². The van der Waals surface area contributed by atoms with Crippen molar-refractivity contribution in [3.8, 4) is 5.75 Å². The van der Waals surface area contributed by atoms with Crippen molar-refractivity contribution in [1.82, 2.24) is 0 Å². The van der Waals surface area contributed by atoms with Gasteiger partial charge in [-0.2, -0.15) is 0 Å². The number of benzene rings is 2. The van der Waals surface area contributed by atoms with Crippen LogP contribution in [0.4, 0.5) is 0 Å². The van der Waals surface area contributed by atoms with Crippen LogP contribution in [0.3, 0.4) is 0 Å². The number of hydrogen-bond donors (Lipinski definition) is 1. The van der Waals surface area contributed by atoms with Crippen LogP contribution in [0.5, 0.6) is 5.75 Å². The van der Waals surface area contributed by atoms with Gasteiger partial charge in [0.1, 0.15) is 5.75 Å². The summed E-state index contributed by atoms with van der Waals surface area (Å²) >= 11 is 0. The molecule has 0 spiro atoms. The topological polar surface area (TPSA) is 86.5 Å². The van der Waals surface area contributed by atoms with E-state index in [0.29, 0.717) is 12.8 Å². The zero-order chi connectivity index (χ0) is 18.4. The number of carbonyl (C=O) groups excluding carboxylic acids is 1. The third-order valence-electron chi connectivity index (χ3n) is 3.59. The molecule has 0 aliphatic rings. The van der Waals surface area contributed by atoms with E-state index in [4.69, 9.17) is 10.5 Å². The Morgan fingerprint density at radius 3 is 2.40 bits per heavy atom. The number of sulfone groups is 1. The van der Waals surface area contributed by atoms with E-state index < -0.39 is 9.84 Å². The summed E-state index contributed by atoms with van der Waals surface area (Å²) in [5.74, 6) is -0.148. The summed E-state index contributed by atoms with van der Waals surface area (Å²) in [7, 11) is -3.68. The standard InChI is InChI=1S/C19H23NO4S/c1-3-5-19(21)24-16-6-4-7-18(13-16)25(22,23)17-10-8-15(9-11-17)12-14(2)20/h4,6-11,13-14H,3,5,12,20H2,1-2H3. The Hall–Kier alpha value is -2.18. The highest BCUT2D eigenvalue weighted by Gasteiger charge is 2.18. The number of rotatable bonds is 7. The predicted molar refractivity (Wildman–Crippen MR) is 96.2 cm³/mol. The first-order chi connectivity index (χ1) is 11.8. The molecule has 0 heterocycles. The van der Waals surface area contributed by atoms with Crippen LogP contribution in [-0.2, 0) is 21.1 Å². The number of carbonyl (C=O) groups is 1. The lowest BCUT2D eigenvalue weighted by Crippen LogP contribution is -2.17. The zero-order valence-corrected chi connectivity index (χ0v) is 15.3. The van der Waals surface area contributed by atoms with E-state index in [1.165, 1.54) is 12.1 Å². The Bertz CT molecular complexity index is 827. The normalized spacial score (nSPS) is 12.6. The maximum atomic E-state index is 12.8. The minimum absolute atomic E-state index is 0.0111. The summed E-state index contributed by atoms with van der Waals surface area (Å²) in [5.41, 5.74) is 6.74. The third kappa shape index (κ3) is 5.14. The van der Waals surface area contributed by atoms with Crippen LogP contribution in [0, 0.1) is 0 Å². The molecule has 1 unspecified atom stereocenters. The van der Waals surface area contributed by atoms with E-state index in [0.717, 1.165) is 5.56 Å². The first kappa shape index (κ1) is 19.1. The number of ether oxygens (including phenoxy) is 1. The smallest absolute Gasteiger partial charge is 0.311 e. The van der Waals surface area contributed by atoms with Gasteiger partial charge in [0.15, 0.2) is 0 Å². The van der Waals surface area contributed by atoms with Gasteiger partial charge < -0.3 is 10.5 Å². The van der Waals surface area contributed by atoms with Crippen LogP contribution in [0.15, 0.2) is 58.3 Å². The van der Waals surface area contributed by atoms with Gasteiger partial charge in [0, 0.05) is 12.5 Å². The van der Waals surface area contributed by atoms with Crippen LogP contribution < -0.4 is 10.5 Å². The van der Waals surface area contributed by atoms with Crippen molar-refractivity contribution >= 4 is 15.8 Å². The molecular weight excluding hydrogens is 338 g/mol. The second-order valence-corrected chi connectivity index (χ2v) is 7.98. The maximum Gasteiger partial charge on any atom is 0.311 e. The fraction of sp³-hybridized carbons (Fsp3) is 0.316. The fourth-order valence-electron chi connectivity index (χ4n) is 2.40. The molecule has 0 aromatic heterocycles. The second-order valence-electron chi connectivity index (χ2n) is 6.03. The average molecular weight is 361 g/mol. The lowest BCUT2D eigenvalue weighted by molar-refractivity contribution is -0.134. The van der Waals surface area contributed by atoms with E-state index in [1.54, 1.807) is 36.4 Å². The van der Waals surface area contributed by atoms with Crippen molar-refractivity contribution in [3.63, 3.8) is 0 Å². The van der Waals surface area contributed by atoms with Gasteiger partial charge in [0.25, 0.3) is 0 Å². The van der Waals surface area contributed by atoms with Crippen LogP contribution >= 0.6 is 0 Å². The van der Waals surface area contributed by atoms with Gasteiger partial charge in [-0.3, -0.25) is 4.79 Å². The Kier molecular flexibility index (Phi) is 6.33. The molecule has 6 heteroatoms. The van der Waals surface area contributed by atoms with E-state index in [-0.39, 0.29) is 34.0 Å².